The van der Waals surface area contributed by atoms with E-state index in [4.69, 9.17) is 4.74 Å². The first-order chi connectivity index (χ1) is 10.6. The van der Waals surface area contributed by atoms with Gasteiger partial charge in [0.2, 0.25) is 0 Å². The molecule has 1 N–H and O–H groups in total. The van der Waals surface area contributed by atoms with Crippen LogP contribution in [0.4, 0.5) is 0 Å². The summed E-state index contributed by atoms with van der Waals surface area (Å²) in [5.41, 5.74) is 2.33. The summed E-state index contributed by atoms with van der Waals surface area (Å²) < 4.78 is 7.73. The summed E-state index contributed by atoms with van der Waals surface area (Å²) in [5, 5.41) is 11.2. The molecule has 6 heteroatoms. The molecule has 0 amide bonds. The predicted octanol–water partition coefficient (Wildman–Crippen LogP) is 2.87. The molecule has 0 spiro atoms. The number of rotatable bonds is 6. The maximum absolute atomic E-state index is 5.90. The van der Waals surface area contributed by atoms with Gasteiger partial charge in [-0.05, 0) is 6.42 Å². The van der Waals surface area contributed by atoms with Crippen molar-refractivity contribution in [2.24, 2.45) is 13.0 Å². The first kappa shape index (κ1) is 15.6. The number of aromatic nitrogens is 3. The molecule has 0 bridgehead atoms. The molecule has 3 heterocycles. The Balaban J connectivity index is 1.52. The Morgan fingerprint density at radius 1 is 1.50 bits per heavy atom. The molecule has 0 aliphatic carbocycles. The van der Waals surface area contributed by atoms with Gasteiger partial charge in [-0.1, -0.05) is 13.8 Å². The van der Waals surface area contributed by atoms with Crippen LogP contribution >= 0.6 is 11.3 Å². The fourth-order valence-corrected chi connectivity index (χ4v) is 3.69. The number of ether oxygens (including phenoxy) is 1. The first-order valence-electron chi connectivity index (χ1n) is 7.88. The third-order valence-electron chi connectivity index (χ3n) is 4.04. The van der Waals surface area contributed by atoms with Crippen LogP contribution in [-0.2, 0) is 18.3 Å². The molecule has 0 unspecified atom stereocenters. The highest BCUT2D eigenvalue weighted by Gasteiger charge is 2.30. The summed E-state index contributed by atoms with van der Waals surface area (Å²) in [5.74, 6) is 1.02. The second-order valence-corrected chi connectivity index (χ2v) is 7.14. The molecule has 1 aliphatic heterocycles. The van der Waals surface area contributed by atoms with Gasteiger partial charge in [-0.3, -0.25) is 4.68 Å². The second kappa shape index (κ2) is 6.89. The maximum Gasteiger partial charge on any atom is 0.0954 e. The summed E-state index contributed by atoms with van der Waals surface area (Å²) >= 11 is 1.75. The van der Waals surface area contributed by atoms with E-state index in [2.05, 4.69) is 40.8 Å². The highest BCUT2D eigenvalue weighted by molar-refractivity contribution is 7.09. The van der Waals surface area contributed by atoms with E-state index >= 15 is 0 Å². The summed E-state index contributed by atoms with van der Waals surface area (Å²) in [7, 11) is 1.94. The van der Waals surface area contributed by atoms with E-state index in [0.29, 0.717) is 11.8 Å². The van der Waals surface area contributed by atoms with Crippen LogP contribution in [0.25, 0.3) is 0 Å². The molecular formula is C16H24N4OS. The molecule has 1 saturated heterocycles. The average Bonchev–Trinajstić information content (AvgIpc) is 3.18. The highest BCUT2D eigenvalue weighted by Crippen LogP contribution is 2.33. The minimum atomic E-state index is 0.169. The van der Waals surface area contributed by atoms with Crippen LogP contribution in [0.15, 0.2) is 17.8 Å². The largest absolute Gasteiger partial charge is 0.373 e. The van der Waals surface area contributed by atoms with Crippen LogP contribution in [-0.4, -0.2) is 27.9 Å². The van der Waals surface area contributed by atoms with E-state index in [9.17, 15) is 0 Å². The molecule has 1 aliphatic rings. The molecule has 22 heavy (non-hydrogen) atoms. The molecule has 2 aromatic heterocycles. The van der Waals surface area contributed by atoms with Gasteiger partial charge in [-0.15, -0.1) is 11.3 Å². The van der Waals surface area contributed by atoms with Gasteiger partial charge in [-0.25, -0.2) is 4.98 Å². The van der Waals surface area contributed by atoms with Crippen molar-refractivity contribution in [3.8, 4) is 0 Å². The van der Waals surface area contributed by atoms with E-state index in [0.717, 1.165) is 31.8 Å². The van der Waals surface area contributed by atoms with Crippen molar-refractivity contribution in [1.29, 1.82) is 0 Å². The van der Waals surface area contributed by atoms with E-state index in [-0.39, 0.29) is 6.10 Å². The molecule has 0 radical (unpaired) electrons. The van der Waals surface area contributed by atoms with Gasteiger partial charge in [-0.2, -0.15) is 5.10 Å². The Morgan fingerprint density at radius 3 is 3.05 bits per heavy atom. The lowest BCUT2D eigenvalue weighted by Crippen LogP contribution is -2.24. The highest BCUT2D eigenvalue weighted by atomic mass is 32.1. The number of hydrogen-bond donors (Lipinski definition) is 1. The molecule has 5 nitrogen and oxygen atoms in total. The molecule has 2 aromatic rings. The zero-order valence-electron chi connectivity index (χ0n) is 13.5. The van der Waals surface area contributed by atoms with E-state index in [1.807, 2.05) is 17.9 Å². The minimum Gasteiger partial charge on any atom is -0.373 e. The zero-order valence-corrected chi connectivity index (χ0v) is 14.3. The van der Waals surface area contributed by atoms with Gasteiger partial charge in [0.05, 0.1) is 23.0 Å². The van der Waals surface area contributed by atoms with E-state index < -0.39 is 0 Å². The number of thiazole rings is 1. The van der Waals surface area contributed by atoms with Crippen LogP contribution in [0.1, 0.15) is 48.6 Å². The van der Waals surface area contributed by atoms with E-state index in [1.54, 1.807) is 11.3 Å². The monoisotopic (exact) mass is 320 g/mol. The van der Waals surface area contributed by atoms with Crippen LogP contribution in [0.2, 0.25) is 0 Å². The number of nitrogens with zero attached hydrogens (tertiary/aromatic N) is 3. The van der Waals surface area contributed by atoms with Crippen molar-refractivity contribution in [3.63, 3.8) is 0 Å². The van der Waals surface area contributed by atoms with Gasteiger partial charge in [0, 0.05) is 55.7 Å². The standard InChI is InChI=1S/C16H24N4OS/c1-11(2)16-19-14(10-22-16)8-17-6-12-4-5-21-15(12)13-7-18-20(3)9-13/h7,9-12,15,17H,4-6,8H2,1-3H3/t12-,15-/m0/s1. The van der Waals surface area contributed by atoms with Crippen LogP contribution in [0.5, 0.6) is 0 Å². The van der Waals surface area contributed by atoms with Gasteiger partial charge in [0.1, 0.15) is 0 Å². The Kier molecular flexibility index (Phi) is 4.90. The fraction of sp³-hybridized carbons (Fsp3) is 0.625. The van der Waals surface area contributed by atoms with Crippen molar-refractivity contribution in [1.82, 2.24) is 20.1 Å². The SMILES string of the molecule is CC(C)c1nc(CNC[C@@H]2CCO[C@@H]2c2cnn(C)c2)cs1. The van der Waals surface area contributed by atoms with Crippen LogP contribution in [0.3, 0.4) is 0 Å². The average molecular weight is 320 g/mol. The maximum atomic E-state index is 5.90. The third-order valence-corrected chi connectivity index (χ3v) is 5.24. The Hall–Kier alpha value is -1.24. The molecule has 0 aromatic carbocycles. The minimum absolute atomic E-state index is 0.169. The second-order valence-electron chi connectivity index (χ2n) is 6.25. The number of hydrogen-bond acceptors (Lipinski definition) is 5. The summed E-state index contributed by atoms with van der Waals surface area (Å²) in [6.45, 7) is 6.99. The normalized spacial score (nSPS) is 21.8. The zero-order chi connectivity index (χ0) is 15.5. The summed E-state index contributed by atoms with van der Waals surface area (Å²) in [6.07, 6.45) is 5.24. The van der Waals surface area contributed by atoms with Crippen molar-refractivity contribution in [2.45, 2.75) is 38.8 Å². The Morgan fingerprint density at radius 2 is 2.36 bits per heavy atom. The van der Waals surface area contributed by atoms with Gasteiger partial charge >= 0.3 is 0 Å². The predicted molar refractivity (Wildman–Crippen MR) is 87.9 cm³/mol. The van der Waals surface area contributed by atoms with Crippen LogP contribution in [0, 0.1) is 5.92 Å². The fourth-order valence-electron chi connectivity index (χ4n) is 2.85. The smallest absolute Gasteiger partial charge is 0.0954 e. The van der Waals surface area contributed by atoms with Gasteiger partial charge in [0.15, 0.2) is 0 Å². The molecule has 3 rings (SSSR count). The number of aryl methyl sites for hydroxylation is 1. The number of nitrogens with one attached hydrogen (secondary N) is 1. The topological polar surface area (TPSA) is 52.0 Å². The Bertz CT molecular complexity index is 607. The van der Waals surface area contributed by atoms with E-state index in [1.165, 1.54) is 10.6 Å². The lowest BCUT2D eigenvalue weighted by molar-refractivity contribution is 0.0904. The van der Waals surface area contributed by atoms with Gasteiger partial charge in [0.25, 0.3) is 0 Å². The molecular weight excluding hydrogens is 296 g/mol. The van der Waals surface area contributed by atoms with Crippen molar-refractivity contribution in [3.05, 3.63) is 34.0 Å². The van der Waals surface area contributed by atoms with Crippen molar-refractivity contribution < 1.29 is 4.74 Å². The molecule has 0 saturated carbocycles. The van der Waals surface area contributed by atoms with Gasteiger partial charge < -0.3 is 10.1 Å². The molecule has 1 fully saturated rings. The van der Waals surface area contributed by atoms with Crippen molar-refractivity contribution >= 4 is 11.3 Å². The summed E-state index contributed by atoms with van der Waals surface area (Å²) in [6, 6.07) is 0. The lowest BCUT2D eigenvalue weighted by atomic mass is 9.97. The molecule has 120 valence electrons. The third kappa shape index (κ3) is 3.56. The lowest BCUT2D eigenvalue weighted by Gasteiger charge is -2.17. The first-order valence-corrected chi connectivity index (χ1v) is 8.76. The quantitative estimate of drug-likeness (QED) is 0.889. The molecule has 2 atom stereocenters. The van der Waals surface area contributed by atoms with Crippen LogP contribution < -0.4 is 5.32 Å². The van der Waals surface area contributed by atoms with Crippen molar-refractivity contribution in [2.75, 3.05) is 13.2 Å². The Labute approximate surface area is 135 Å². The summed E-state index contributed by atoms with van der Waals surface area (Å²) in [4.78, 5) is 4.67.